The summed E-state index contributed by atoms with van der Waals surface area (Å²) in [6.07, 6.45) is 3.27. The van der Waals surface area contributed by atoms with E-state index < -0.39 is 27.9 Å². The first kappa shape index (κ1) is 29.2. The first-order valence-electron chi connectivity index (χ1n) is 12.7. The van der Waals surface area contributed by atoms with Gasteiger partial charge in [-0.2, -0.15) is 0 Å². The number of rotatable bonds is 10. The number of esters is 2. The normalized spacial score (nSPS) is 11.4. The third kappa shape index (κ3) is 8.10. The van der Waals surface area contributed by atoms with Crippen LogP contribution in [0.5, 0.6) is 11.5 Å². The number of hydrogen-bond donors (Lipinski definition) is 2. The number of sulfonamides is 1. The quantitative estimate of drug-likeness (QED) is 0.158. The molecule has 0 bridgehead atoms. The number of anilines is 1. The molecule has 10 heteroatoms. The van der Waals surface area contributed by atoms with Crippen molar-refractivity contribution in [3.63, 3.8) is 0 Å². The predicted octanol–water partition coefficient (Wildman–Crippen LogP) is 4.86. The summed E-state index contributed by atoms with van der Waals surface area (Å²) < 4.78 is 39.1. The predicted molar refractivity (Wildman–Crippen MR) is 156 cm³/mol. The fourth-order valence-electron chi connectivity index (χ4n) is 4.16. The summed E-state index contributed by atoms with van der Waals surface area (Å²) in [7, 11) is -3.82. The number of benzene rings is 4. The minimum absolute atomic E-state index is 0.106. The average molecular weight is 573 g/mol. The van der Waals surface area contributed by atoms with Crippen molar-refractivity contribution in [3.8, 4) is 11.5 Å². The van der Waals surface area contributed by atoms with E-state index in [1.165, 1.54) is 50.3 Å². The van der Waals surface area contributed by atoms with Crippen LogP contribution in [0.2, 0.25) is 0 Å². The lowest BCUT2D eigenvalue weighted by molar-refractivity contribution is -0.132. The maximum absolute atomic E-state index is 13.1. The molecule has 0 atom stereocenters. The van der Waals surface area contributed by atoms with E-state index in [1.54, 1.807) is 30.3 Å². The van der Waals surface area contributed by atoms with E-state index in [0.717, 1.165) is 5.56 Å². The molecule has 0 aliphatic carbocycles. The highest BCUT2D eigenvalue weighted by Gasteiger charge is 2.18. The van der Waals surface area contributed by atoms with Crippen LogP contribution in [-0.4, -0.2) is 32.8 Å². The van der Waals surface area contributed by atoms with Gasteiger partial charge in [-0.3, -0.25) is 14.4 Å². The highest BCUT2D eigenvalue weighted by atomic mass is 32.2. The first-order chi connectivity index (χ1) is 19.6. The Morgan fingerprint density at radius 1 is 0.780 bits per heavy atom. The van der Waals surface area contributed by atoms with Gasteiger partial charge in [0.1, 0.15) is 11.5 Å². The zero-order valence-corrected chi connectivity index (χ0v) is 23.2. The van der Waals surface area contributed by atoms with Crippen LogP contribution in [0.1, 0.15) is 25.0 Å². The van der Waals surface area contributed by atoms with E-state index in [4.69, 9.17) is 9.47 Å². The Morgan fingerprint density at radius 3 is 2.07 bits per heavy atom. The molecule has 0 aliphatic rings. The highest BCUT2D eigenvalue weighted by molar-refractivity contribution is 7.89. The maximum atomic E-state index is 13.1. The van der Waals surface area contributed by atoms with Crippen molar-refractivity contribution < 1.29 is 32.3 Å². The van der Waals surface area contributed by atoms with Crippen LogP contribution in [0, 0.1) is 0 Å². The molecule has 0 saturated heterocycles. The third-order valence-corrected chi connectivity index (χ3v) is 7.35. The van der Waals surface area contributed by atoms with Crippen LogP contribution >= 0.6 is 0 Å². The zero-order valence-electron chi connectivity index (χ0n) is 22.4. The van der Waals surface area contributed by atoms with Crippen LogP contribution in [0.15, 0.2) is 95.9 Å². The fraction of sp³-hybridized carbons (Fsp3) is 0.129. The molecule has 0 radical (unpaired) electrons. The largest absolute Gasteiger partial charge is 0.427 e. The topological polar surface area (TPSA) is 128 Å². The van der Waals surface area contributed by atoms with Gasteiger partial charge in [0.15, 0.2) is 0 Å². The second-order valence-electron chi connectivity index (χ2n) is 9.04. The molecule has 0 unspecified atom stereocenters. The van der Waals surface area contributed by atoms with Gasteiger partial charge in [-0.1, -0.05) is 54.6 Å². The van der Waals surface area contributed by atoms with Crippen molar-refractivity contribution in [2.75, 3.05) is 11.9 Å². The van der Waals surface area contributed by atoms with Crippen molar-refractivity contribution in [2.45, 2.75) is 25.2 Å². The number of amides is 1. The van der Waals surface area contributed by atoms with Gasteiger partial charge in [0, 0.05) is 49.0 Å². The summed E-state index contributed by atoms with van der Waals surface area (Å²) in [4.78, 5) is 35.7. The highest BCUT2D eigenvalue weighted by Crippen LogP contribution is 2.29. The summed E-state index contributed by atoms with van der Waals surface area (Å²) in [5.74, 6) is -1.30. The molecule has 0 saturated carbocycles. The molecule has 0 heterocycles. The van der Waals surface area contributed by atoms with E-state index >= 15 is 0 Å². The first-order valence-corrected chi connectivity index (χ1v) is 14.2. The summed E-state index contributed by atoms with van der Waals surface area (Å²) in [6.45, 7) is 2.72. The second kappa shape index (κ2) is 13.0. The lowest BCUT2D eigenvalue weighted by atomic mass is 10.1. The minimum Gasteiger partial charge on any atom is -0.427 e. The van der Waals surface area contributed by atoms with E-state index in [2.05, 4.69) is 10.0 Å². The zero-order chi connectivity index (χ0) is 29.4. The number of carbonyl (C=O) groups is 3. The number of carbonyl (C=O) groups excluding carboxylic acids is 3. The fourth-order valence-corrected chi connectivity index (χ4v) is 5.41. The van der Waals surface area contributed by atoms with Crippen LogP contribution in [0.4, 0.5) is 5.69 Å². The summed E-state index contributed by atoms with van der Waals surface area (Å²) in [5.41, 5.74) is 1.89. The molecule has 41 heavy (non-hydrogen) atoms. The molecule has 0 spiro atoms. The molecule has 9 nitrogen and oxygen atoms in total. The Balaban J connectivity index is 1.52. The van der Waals surface area contributed by atoms with Gasteiger partial charge in [-0.15, -0.1) is 0 Å². The van der Waals surface area contributed by atoms with Gasteiger partial charge in [-0.05, 0) is 47.9 Å². The van der Waals surface area contributed by atoms with E-state index in [-0.39, 0.29) is 22.9 Å². The molecule has 0 aliphatic heterocycles. The Hall–Kier alpha value is -4.80. The van der Waals surface area contributed by atoms with Crippen LogP contribution in [0.25, 0.3) is 16.8 Å². The number of nitrogens with one attached hydrogen (secondary N) is 2. The summed E-state index contributed by atoms with van der Waals surface area (Å²) in [5, 5.41) is 3.79. The second-order valence-corrected chi connectivity index (χ2v) is 10.8. The van der Waals surface area contributed by atoms with Crippen molar-refractivity contribution in [3.05, 3.63) is 102 Å². The SMILES string of the molecule is CC(=O)Oc1cc(/C=C/C(=O)Nc2cccc3c(S(=O)(=O)NCCc4ccccc4)cccc23)cc(OC(C)=O)c1. The van der Waals surface area contributed by atoms with Gasteiger partial charge in [0.2, 0.25) is 15.9 Å². The smallest absolute Gasteiger partial charge is 0.308 e. The van der Waals surface area contributed by atoms with E-state index in [0.29, 0.717) is 28.4 Å². The molecule has 0 fully saturated rings. The van der Waals surface area contributed by atoms with Gasteiger partial charge in [-0.25, -0.2) is 13.1 Å². The van der Waals surface area contributed by atoms with Crippen molar-refractivity contribution in [1.29, 1.82) is 0 Å². The molecule has 1 amide bonds. The molecule has 4 aromatic carbocycles. The molecular formula is C31H28N2O7S. The standard InChI is InChI=1S/C31H28N2O7S/c1-21(34)39-25-18-24(19-26(20-25)40-22(2)35)14-15-31(36)33-29-12-6-11-28-27(29)10-7-13-30(28)41(37,38)32-17-16-23-8-4-3-5-9-23/h3-15,18-20,32H,16-17H2,1-2H3,(H,33,36)/b15-14+. The van der Waals surface area contributed by atoms with Gasteiger partial charge in [0.25, 0.3) is 0 Å². The molecule has 2 N–H and O–H groups in total. The van der Waals surface area contributed by atoms with Crippen molar-refractivity contribution in [1.82, 2.24) is 4.72 Å². The molecule has 210 valence electrons. The Bertz CT molecular complexity index is 1700. The van der Waals surface area contributed by atoms with Gasteiger partial charge < -0.3 is 14.8 Å². The Labute approximate surface area is 237 Å². The maximum Gasteiger partial charge on any atom is 0.308 e. The summed E-state index contributed by atoms with van der Waals surface area (Å²) in [6, 6.07) is 23.9. The van der Waals surface area contributed by atoms with Crippen LogP contribution < -0.4 is 19.5 Å². The van der Waals surface area contributed by atoms with E-state index in [9.17, 15) is 22.8 Å². The van der Waals surface area contributed by atoms with Crippen LogP contribution in [-0.2, 0) is 30.8 Å². The van der Waals surface area contributed by atoms with E-state index in [1.807, 2.05) is 30.3 Å². The molecular weight excluding hydrogens is 544 g/mol. The third-order valence-electron chi connectivity index (χ3n) is 5.83. The monoisotopic (exact) mass is 572 g/mol. The molecule has 0 aromatic heterocycles. The van der Waals surface area contributed by atoms with Crippen molar-refractivity contribution in [2.24, 2.45) is 0 Å². The molecule has 4 rings (SSSR count). The van der Waals surface area contributed by atoms with Crippen molar-refractivity contribution >= 4 is 50.4 Å². The Kier molecular flexibility index (Phi) is 9.28. The lowest BCUT2D eigenvalue weighted by Gasteiger charge is -2.12. The Morgan fingerprint density at radius 2 is 1.41 bits per heavy atom. The number of hydrogen-bond acceptors (Lipinski definition) is 7. The van der Waals surface area contributed by atoms with Gasteiger partial charge >= 0.3 is 11.9 Å². The number of ether oxygens (including phenoxy) is 2. The van der Waals surface area contributed by atoms with Gasteiger partial charge in [0.05, 0.1) is 4.90 Å². The number of fused-ring (bicyclic) bond motifs is 1. The average Bonchev–Trinajstić information content (AvgIpc) is 2.91. The lowest BCUT2D eigenvalue weighted by Crippen LogP contribution is -2.26. The minimum atomic E-state index is -3.82. The summed E-state index contributed by atoms with van der Waals surface area (Å²) >= 11 is 0. The van der Waals surface area contributed by atoms with Crippen LogP contribution in [0.3, 0.4) is 0 Å². The molecule has 4 aromatic rings.